The molecule has 0 amide bonds. The quantitative estimate of drug-likeness (QED) is 0.829. The van der Waals surface area contributed by atoms with Gasteiger partial charge in [-0.25, -0.2) is 0 Å². The van der Waals surface area contributed by atoms with Gasteiger partial charge >= 0.3 is 0 Å². The molecule has 106 valence electrons. The molecule has 2 aliphatic rings. The summed E-state index contributed by atoms with van der Waals surface area (Å²) in [5, 5.41) is 3.77. The first-order valence-electron chi connectivity index (χ1n) is 8.02. The molecule has 1 aliphatic heterocycles. The van der Waals surface area contributed by atoms with Crippen molar-refractivity contribution in [2.45, 2.75) is 71.9 Å². The summed E-state index contributed by atoms with van der Waals surface area (Å²) >= 11 is 0. The number of nitrogens with zero attached hydrogens (tertiary/aromatic N) is 1. The molecule has 1 N–H and O–H groups in total. The van der Waals surface area contributed by atoms with Gasteiger partial charge in [-0.05, 0) is 63.1 Å². The Hall–Kier alpha value is -0.0800. The van der Waals surface area contributed by atoms with Gasteiger partial charge < -0.3 is 5.32 Å². The fourth-order valence-electron chi connectivity index (χ4n) is 4.01. The summed E-state index contributed by atoms with van der Waals surface area (Å²) in [7, 11) is 0. The van der Waals surface area contributed by atoms with E-state index in [2.05, 4.69) is 37.9 Å². The van der Waals surface area contributed by atoms with E-state index in [-0.39, 0.29) is 0 Å². The summed E-state index contributed by atoms with van der Waals surface area (Å²) in [5.74, 6) is 0.932. The van der Waals surface area contributed by atoms with E-state index in [1.54, 1.807) is 0 Å². The van der Waals surface area contributed by atoms with Crippen LogP contribution in [-0.4, -0.2) is 36.6 Å². The summed E-state index contributed by atoms with van der Waals surface area (Å²) in [4.78, 5) is 2.80. The van der Waals surface area contributed by atoms with Crippen molar-refractivity contribution in [3.05, 3.63) is 0 Å². The van der Waals surface area contributed by atoms with Crippen LogP contribution in [0.15, 0.2) is 0 Å². The zero-order chi connectivity index (χ0) is 13.2. The van der Waals surface area contributed by atoms with Gasteiger partial charge in [0.15, 0.2) is 0 Å². The highest BCUT2D eigenvalue weighted by molar-refractivity contribution is 5.01. The maximum atomic E-state index is 3.77. The molecular formula is C16H32N2. The number of nitrogens with one attached hydrogen (secondary N) is 1. The molecule has 2 nitrogen and oxygen atoms in total. The number of rotatable bonds is 3. The zero-order valence-corrected chi connectivity index (χ0v) is 12.8. The summed E-state index contributed by atoms with van der Waals surface area (Å²) < 4.78 is 0. The zero-order valence-electron chi connectivity index (χ0n) is 12.8. The van der Waals surface area contributed by atoms with Crippen LogP contribution in [0.1, 0.15) is 59.8 Å². The van der Waals surface area contributed by atoms with Crippen LogP contribution in [0.3, 0.4) is 0 Å². The lowest BCUT2D eigenvalue weighted by Gasteiger charge is -2.37. The Balaban J connectivity index is 2.02. The van der Waals surface area contributed by atoms with E-state index in [4.69, 9.17) is 0 Å². The van der Waals surface area contributed by atoms with E-state index in [0.717, 1.165) is 18.5 Å². The fourth-order valence-corrected chi connectivity index (χ4v) is 4.01. The van der Waals surface area contributed by atoms with E-state index in [9.17, 15) is 0 Å². The molecule has 1 heterocycles. The maximum Gasteiger partial charge on any atom is 0.0274 e. The van der Waals surface area contributed by atoms with Crippen molar-refractivity contribution in [1.29, 1.82) is 0 Å². The fraction of sp³-hybridized carbons (Fsp3) is 1.00. The number of hydrogen-bond donors (Lipinski definition) is 1. The summed E-state index contributed by atoms with van der Waals surface area (Å²) in [6, 6.07) is 1.47. The molecule has 2 fully saturated rings. The van der Waals surface area contributed by atoms with Gasteiger partial charge in [0, 0.05) is 12.1 Å². The average Bonchev–Trinajstić information content (AvgIpc) is 2.51. The molecular weight excluding hydrogens is 220 g/mol. The largest absolute Gasteiger partial charge is 0.312 e. The minimum Gasteiger partial charge on any atom is -0.312 e. The van der Waals surface area contributed by atoms with Crippen LogP contribution in [0.25, 0.3) is 0 Å². The third-order valence-electron chi connectivity index (χ3n) is 5.26. The van der Waals surface area contributed by atoms with Crippen molar-refractivity contribution in [2.24, 2.45) is 11.3 Å². The molecule has 2 rings (SSSR count). The first-order valence-corrected chi connectivity index (χ1v) is 8.02. The predicted octanol–water partition coefficient (Wildman–Crippen LogP) is 3.28. The van der Waals surface area contributed by atoms with E-state index in [1.807, 2.05) is 0 Å². The standard InChI is InChI=1S/C16H32N2/c1-5-17-15-14(8-10-16(15,3)4)18-11-6-7-13(2)9-12-18/h13-15,17H,5-12H2,1-4H3. The van der Waals surface area contributed by atoms with E-state index >= 15 is 0 Å². The summed E-state index contributed by atoms with van der Waals surface area (Å²) in [6.45, 7) is 13.3. The van der Waals surface area contributed by atoms with Crippen molar-refractivity contribution in [3.8, 4) is 0 Å². The van der Waals surface area contributed by atoms with Gasteiger partial charge in [0.25, 0.3) is 0 Å². The van der Waals surface area contributed by atoms with Crippen LogP contribution in [0, 0.1) is 11.3 Å². The topological polar surface area (TPSA) is 15.3 Å². The lowest BCUT2D eigenvalue weighted by Crippen LogP contribution is -2.52. The van der Waals surface area contributed by atoms with Gasteiger partial charge in [0.1, 0.15) is 0 Å². The Morgan fingerprint density at radius 2 is 1.94 bits per heavy atom. The molecule has 0 bridgehead atoms. The Kier molecular flexibility index (Phi) is 4.71. The van der Waals surface area contributed by atoms with Crippen LogP contribution >= 0.6 is 0 Å². The number of likely N-dealkylation sites (tertiary alicyclic amines) is 1. The first-order chi connectivity index (χ1) is 8.54. The van der Waals surface area contributed by atoms with Gasteiger partial charge in [-0.3, -0.25) is 4.90 Å². The second-order valence-electron chi connectivity index (χ2n) is 7.20. The molecule has 1 aliphatic carbocycles. The Bertz CT molecular complexity index is 262. The highest BCUT2D eigenvalue weighted by Gasteiger charge is 2.43. The van der Waals surface area contributed by atoms with Crippen LogP contribution in [0.4, 0.5) is 0 Å². The van der Waals surface area contributed by atoms with Crippen molar-refractivity contribution in [2.75, 3.05) is 19.6 Å². The van der Waals surface area contributed by atoms with E-state index < -0.39 is 0 Å². The molecule has 0 spiro atoms. The van der Waals surface area contributed by atoms with Crippen molar-refractivity contribution < 1.29 is 0 Å². The third-order valence-corrected chi connectivity index (χ3v) is 5.26. The lowest BCUT2D eigenvalue weighted by atomic mass is 9.86. The Labute approximate surface area is 114 Å². The lowest BCUT2D eigenvalue weighted by molar-refractivity contribution is 0.148. The molecule has 0 radical (unpaired) electrons. The Morgan fingerprint density at radius 1 is 1.17 bits per heavy atom. The minimum atomic E-state index is 0.471. The van der Waals surface area contributed by atoms with Crippen molar-refractivity contribution in [1.82, 2.24) is 10.2 Å². The highest BCUT2D eigenvalue weighted by Crippen LogP contribution is 2.40. The molecule has 1 saturated carbocycles. The van der Waals surface area contributed by atoms with Crippen LogP contribution < -0.4 is 5.32 Å². The van der Waals surface area contributed by atoms with Crippen LogP contribution in [0.2, 0.25) is 0 Å². The van der Waals surface area contributed by atoms with Gasteiger partial charge in [0.2, 0.25) is 0 Å². The summed E-state index contributed by atoms with van der Waals surface area (Å²) in [6.07, 6.45) is 6.99. The number of hydrogen-bond acceptors (Lipinski definition) is 2. The second kappa shape index (κ2) is 5.92. The van der Waals surface area contributed by atoms with E-state index in [1.165, 1.54) is 45.2 Å². The normalized spacial score (nSPS) is 37.7. The molecule has 1 saturated heterocycles. The first kappa shape index (κ1) is 14.3. The van der Waals surface area contributed by atoms with Crippen LogP contribution in [-0.2, 0) is 0 Å². The van der Waals surface area contributed by atoms with Gasteiger partial charge in [-0.2, -0.15) is 0 Å². The summed E-state index contributed by atoms with van der Waals surface area (Å²) in [5.41, 5.74) is 0.471. The maximum absolute atomic E-state index is 3.77. The molecule has 3 unspecified atom stereocenters. The molecule has 0 aromatic rings. The molecule has 2 heteroatoms. The van der Waals surface area contributed by atoms with Gasteiger partial charge in [-0.1, -0.05) is 27.7 Å². The molecule has 0 aromatic carbocycles. The SMILES string of the molecule is CCNC1C(N2CCCC(C)CC2)CCC1(C)C. The monoisotopic (exact) mass is 252 g/mol. The third kappa shape index (κ3) is 3.08. The molecule has 3 atom stereocenters. The highest BCUT2D eigenvalue weighted by atomic mass is 15.2. The van der Waals surface area contributed by atoms with Crippen LogP contribution in [0.5, 0.6) is 0 Å². The smallest absolute Gasteiger partial charge is 0.0274 e. The second-order valence-corrected chi connectivity index (χ2v) is 7.20. The van der Waals surface area contributed by atoms with Gasteiger partial charge in [0.05, 0.1) is 0 Å². The van der Waals surface area contributed by atoms with E-state index in [0.29, 0.717) is 11.5 Å². The van der Waals surface area contributed by atoms with Gasteiger partial charge in [-0.15, -0.1) is 0 Å². The minimum absolute atomic E-state index is 0.471. The van der Waals surface area contributed by atoms with Crippen molar-refractivity contribution in [3.63, 3.8) is 0 Å². The average molecular weight is 252 g/mol. The Morgan fingerprint density at radius 3 is 2.67 bits per heavy atom. The molecule has 18 heavy (non-hydrogen) atoms. The van der Waals surface area contributed by atoms with Crippen molar-refractivity contribution >= 4 is 0 Å². The molecule has 0 aromatic heterocycles. The number of likely N-dealkylation sites (N-methyl/N-ethyl adjacent to an activating group) is 1. The predicted molar refractivity (Wildman–Crippen MR) is 78.9 cm³/mol.